The molecule has 8 heteroatoms. The lowest BCUT2D eigenvalue weighted by molar-refractivity contribution is -0.142. The SMILES string of the molecule is CCNc1cc(Oc2c(Br)cc(CC(F)C(=O)O)cc2Br)ccc1N. The molecule has 2 rings (SSSR count). The van der Waals surface area contributed by atoms with E-state index < -0.39 is 12.1 Å². The highest BCUT2D eigenvalue weighted by Crippen LogP contribution is 2.39. The van der Waals surface area contributed by atoms with Gasteiger partial charge in [-0.15, -0.1) is 0 Å². The molecule has 1 atom stereocenters. The molecule has 0 radical (unpaired) electrons. The fourth-order valence-electron chi connectivity index (χ4n) is 2.18. The van der Waals surface area contributed by atoms with Crippen molar-refractivity contribution in [3.8, 4) is 11.5 Å². The van der Waals surface area contributed by atoms with Crippen LogP contribution in [-0.2, 0) is 11.2 Å². The second-order valence-electron chi connectivity index (χ2n) is 5.28. The normalized spacial score (nSPS) is 11.8. The Hall–Kier alpha value is -1.80. The summed E-state index contributed by atoms with van der Waals surface area (Å²) in [6, 6.07) is 8.54. The number of nitrogens with two attached hydrogens (primary N) is 1. The molecule has 0 aliphatic rings. The standard InChI is InChI=1S/C17H17Br2FN2O3/c1-2-22-15-8-10(3-4-14(15)21)25-16-11(18)5-9(6-12(16)19)7-13(20)17(23)24/h3-6,8,13,22H,2,7,21H2,1H3,(H,23,24). The van der Waals surface area contributed by atoms with E-state index in [1.54, 1.807) is 30.3 Å². The predicted molar refractivity (Wildman–Crippen MR) is 103 cm³/mol. The van der Waals surface area contributed by atoms with Gasteiger partial charge in [-0.1, -0.05) is 0 Å². The van der Waals surface area contributed by atoms with Crippen molar-refractivity contribution in [2.75, 3.05) is 17.6 Å². The second-order valence-corrected chi connectivity index (χ2v) is 6.99. The third-order valence-electron chi connectivity index (χ3n) is 3.35. The van der Waals surface area contributed by atoms with Gasteiger partial charge in [-0.25, -0.2) is 9.18 Å². The molecular formula is C17H17Br2FN2O3. The van der Waals surface area contributed by atoms with Crippen LogP contribution in [0.4, 0.5) is 15.8 Å². The van der Waals surface area contributed by atoms with Gasteiger partial charge in [0.1, 0.15) is 5.75 Å². The summed E-state index contributed by atoms with van der Waals surface area (Å²) in [5.41, 5.74) is 7.82. The van der Waals surface area contributed by atoms with Crippen LogP contribution in [0.25, 0.3) is 0 Å². The summed E-state index contributed by atoms with van der Waals surface area (Å²) in [7, 11) is 0. The molecule has 0 fully saturated rings. The first-order chi connectivity index (χ1) is 11.8. The van der Waals surface area contributed by atoms with Gasteiger partial charge in [0.25, 0.3) is 0 Å². The Kier molecular flexibility index (Phi) is 6.66. The van der Waals surface area contributed by atoms with Crippen molar-refractivity contribution in [1.29, 1.82) is 0 Å². The second kappa shape index (κ2) is 8.53. The number of nitrogens with one attached hydrogen (secondary N) is 1. The van der Waals surface area contributed by atoms with Gasteiger partial charge in [-0.2, -0.15) is 0 Å². The first-order valence-electron chi connectivity index (χ1n) is 7.47. The average molecular weight is 476 g/mol. The number of nitrogen functional groups attached to an aromatic ring is 1. The van der Waals surface area contributed by atoms with Crippen LogP contribution in [-0.4, -0.2) is 23.8 Å². The highest BCUT2D eigenvalue weighted by Gasteiger charge is 2.18. The third kappa shape index (κ3) is 5.09. The minimum absolute atomic E-state index is 0.223. The number of carboxylic acid groups (broad SMARTS) is 1. The van der Waals surface area contributed by atoms with Gasteiger partial charge in [0.05, 0.1) is 20.3 Å². The summed E-state index contributed by atoms with van der Waals surface area (Å²) < 4.78 is 20.4. The van der Waals surface area contributed by atoms with Crippen LogP contribution in [0.1, 0.15) is 12.5 Å². The van der Waals surface area contributed by atoms with Crippen LogP contribution in [0.3, 0.4) is 0 Å². The molecule has 0 heterocycles. The Balaban J connectivity index is 2.25. The lowest BCUT2D eigenvalue weighted by Crippen LogP contribution is -2.17. The summed E-state index contributed by atoms with van der Waals surface area (Å²) in [5, 5.41) is 11.8. The van der Waals surface area contributed by atoms with Gasteiger partial charge in [-0.05, 0) is 68.6 Å². The zero-order chi connectivity index (χ0) is 18.6. The van der Waals surface area contributed by atoms with Crippen molar-refractivity contribution in [1.82, 2.24) is 0 Å². The number of halogens is 3. The summed E-state index contributed by atoms with van der Waals surface area (Å²) >= 11 is 6.76. The molecule has 25 heavy (non-hydrogen) atoms. The minimum atomic E-state index is -1.95. The van der Waals surface area contributed by atoms with E-state index in [0.29, 0.717) is 31.7 Å². The van der Waals surface area contributed by atoms with E-state index in [4.69, 9.17) is 15.6 Å². The average Bonchev–Trinajstić information content (AvgIpc) is 2.54. The van der Waals surface area contributed by atoms with Gasteiger partial charge in [0.2, 0.25) is 6.17 Å². The zero-order valence-electron chi connectivity index (χ0n) is 13.4. The van der Waals surface area contributed by atoms with Crippen molar-refractivity contribution in [3.05, 3.63) is 44.8 Å². The number of carboxylic acids is 1. The molecule has 2 aromatic carbocycles. The Labute approximate surface area is 161 Å². The van der Waals surface area contributed by atoms with E-state index in [2.05, 4.69) is 37.2 Å². The topological polar surface area (TPSA) is 84.6 Å². The molecule has 134 valence electrons. The third-order valence-corrected chi connectivity index (χ3v) is 4.53. The number of carbonyl (C=O) groups is 1. The number of alkyl halides is 1. The van der Waals surface area contributed by atoms with Crippen LogP contribution in [0.15, 0.2) is 39.3 Å². The Bertz CT molecular complexity index is 763. The van der Waals surface area contributed by atoms with Gasteiger partial charge < -0.3 is 20.9 Å². The molecule has 0 bridgehead atoms. The highest BCUT2D eigenvalue weighted by molar-refractivity contribution is 9.11. The van der Waals surface area contributed by atoms with Gasteiger partial charge in [-0.3, -0.25) is 0 Å². The highest BCUT2D eigenvalue weighted by atomic mass is 79.9. The molecular weight excluding hydrogens is 459 g/mol. The molecule has 2 aromatic rings. The lowest BCUT2D eigenvalue weighted by atomic mass is 10.1. The first-order valence-corrected chi connectivity index (χ1v) is 9.06. The number of benzene rings is 2. The molecule has 0 aliphatic carbocycles. The molecule has 0 aliphatic heterocycles. The van der Waals surface area contributed by atoms with Crippen LogP contribution in [0.2, 0.25) is 0 Å². The fraction of sp³-hybridized carbons (Fsp3) is 0.235. The number of ether oxygens (including phenoxy) is 1. The van der Waals surface area contributed by atoms with Crippen LogP contribution >= 0.6 is 31.9 Å². The van der Waals surface area contributed by atoms with E-state index in [1.165, 1.54) is 0 Å². The monoisotopic (exact) mass is 474 g/mol. The zero-order valence-corrected chi connectivity index (χ0v) is 16.5. The number of anilines is 2. The number of aliphatic carboxylic acids is 1. The quantitative estimate of drug-likeness (QED) is 0.491. The molecule has 0 saturated heterocycles. The van der Waals surface area contributed by atoms with E-state index in [1.807, 2.05) is 6.92 Å². The van der Waals surface area contributed by atoms with Crippen molar-refractivity contribution < 1.29 is 19.0 Å². The van der Waals surface area contributed by atoms with Crippen LogP contribution in [0, 0.1) is 0 Å². The Morgan fingerprint density at radius 2 is 1.96 bits per heavy atom. The number of hydrogen-bond acceptors (Lipinski definition) is 4. The van der Waals surface area contributed by atoms with E-state index in [0.717, 1.165) is 12.2 Å². The Morgan fingerprint density at radius 1 is 1.32 bits per heavy atom. The van der Waals surface area contributed by atoms with Gasteiger partial charge >= 0.3 is 5.97 Å². The van der Waals surface area contributed by atoms with Crippen LogP contribution < -0.4 is 15.8 Å². The largest absolute Gasteiger partial charge is 0.479 e. The fourth-order valence-corrected chi connectivity index (χ4v) is 3.63. The van der Waals surface area contributed by atoms with E-state index >= 15 is 0 Å². The first kappa shape index (κ1) is 19.5. The summed E-state index contributed by atoms with van der Waals surface area (Å²) in [4.78, 5) is 10.7. The van der Waals surface area contributed by atoms with Crippen molar-refractivity contribution in [2.24, 2.45) is 0 Å². The van der Waals surface area contributed by atoms with Crippen molar-refractivity contribution >= 4 is 49.2 Å². The lowest BCUT2D eigenvalue weighted by Gasteiger charge is -2.14. The molecule has 4 N–H and O–H groups in total. The molecule has 0 saturated carbocycles. The maximum absolute atomic E-state index is 13.4. The maximum Gasteiger partial charge on any atom is 0.338 e. The van der Waals surface area contributed by atoms with Crippen molar-refractivity contribution in [3.63, 3.8) is 0 Å². The van der Waals surface area contributed by atoms with Crippen molar-refractivity contribution in [2.45, 2.75) is 19.5 Å². The summed E-state index contributed by atoms with van der Waals surface area (Å²) in [5.74, 6) is -0.402. The van der Waals surface area contributed by atoms with Gasteiger partial charge in [0.15, 0.2) is 5.75 Å². The van der Waals surface area contributed by atoms with Crippen LogP contribution in [0.5, 0.6) is 11.5 Å². The Morgan fingerprint density at radius 3 is 2.52 bits per heavy atom. The van der Waals surface area contributed by atoms with Gasteiger partial charge in [0, 0.05) is 19.0 Å². The molecule has 0 spiro atoms. The molecule has 0 aromatic heterocycles. The number of hydrogen-bond donors (Lipinski definition) is 3. The maximum atomic E-state index is 13.4. The number of rotatable bonds is 7. The molecule has 5 nitrogen and oxygen atoms in total. The van der Waals surface area contributed by atoms with E-state index in [-0.39, 0.29) is 6.42 Å². The molecule has 1 unspecified atom stereocenters. The predicted octanol–water partition coefficient (Wildman–Crippen LogP) is 4.98. The molecule has 0 amide bonds. The summed E-state index contributed by atoms with van der Waals surface area (Å²) in [6.07, 6.45) is -2.18. The minimum Gasteiger partial charge on any atom is -0.479 e. The van der Waals surface area contributed by atoms with E-state index in [9.17, 15) is 9.18 Å². The smallest absolute Gasteiger partial charge is 0.338 e. The summed E-state index contributed by atoms with van der Waals surface area (Å²) in [6.45, 7) is 2.69.